The van der Waals surface area contributed by atoms with Gasteiger partial charge in [0.1, 0.15) is 0 Å². The molecule has 0 saturated carbocycles. The average molecular weight is 285 g/mol. The van der Waals surface area contributed by atoms with Crippen LogP contribution in [0.2, 0.25) is 0 Å². The summed E-state index contributed by atoms with van der Waals surface area (Å²) in [4.78, 5) is 12.0. The van der Waals surface area contributed by atoms with Gasteiger partial charge in [-0.3, -0.25) is 4.79 Å². The lowest BCUT2D eigenvalue weighted by Gasteiger charge is -2.09. The van der Waals surface area contributed by atoms with Gasteiger partial charge in [0.2, 0.25) is 0 Å². The third kappa shape index (κ3) is 3.75. The molecule has 4 heteroatoms. The molecule has 1 amide bonds. The molecule has 0 aliphatic carbocycles. The molecule has 0 radical (unpaired) electrons. The van der Waals surface area contributed by atoms with Gasteiger partial charge >= 0.3 is 0 Å². The van der Waals surface area contributed by atoms with Gasteiger partial charge in [0, 0.05) is 12.1 Å². The topological polar surface area (TPSA) is 58.6 Å². The molecule has 2 aromatic carbocycles. The van der Waals surface area contributed by atoms with E-state index >= 15 is 0 Å². The van der Waals surface area contributed by atoms with E-state index in [0.29, 0.717) is 17.9 Å². The second-order valence-electron chi connectivity index (χ2n) is 4.82. The fourth-order valence-electron chi connectivity index (χ4n) is 2.13. The summed E-state index contributed by atoms with van der Waals surface area (Å²) in [6.45, 7) is 2.61. The van der Waals surface area contributed by atoms with E-state index in [1.54, 1.807) is 12.1 Å². The average Bonchev–Trinajstić information content (AvgIpc) is 2.49. The summed E-state index contributed by atoms with van der Waals surface area (Å²) in [5.74, 6) is 0.108. The molecule has 0 atom stereocenters. The first kappa shape index (κ1) is 14.9. The Labute approximate surface area is 124 Å². The van der Waals surface area contributed by atoms with Crippen LogP contribution in [0.5, 0.6) is 11.5 Å². The van der Waals surface area contributed by atoms with Crippen LogP contribution in [0.25, 0.3) is 0 Å². The molecule has 4 nitrogen and oxygen atoms in total. The minimum atomic E-state index is -0.207. The summed E-state index contributed by atoms with van der Waals surface area (Å²) < 4.78 is 4.95. The molecule has 0 heterocycles. The van der Waals surface area contributed by atoms with Gasteiger partial charge in [-0.05, 0) is 42.7 Å². The Hall–Kier alpha value is -2.49. The second kappa shape index (κ2) is 6.79. The fraction of sp³-hybridized carbons (Fsp3) is 0.235. The number of benzene rings is 2. The zero-order chi connectivity index (χ0) is 15.2. The van der Waals surface area contributed by atoms with Crippen LogP contribution < -0.4 is 10.1 Å². The normalized spacial score (nSPS) is 10.2. The number of rotatable bonds is 5. The van der Waals surface area contributed by atoms with Crippen LogP contribution in [-0.2, 0) is 6.42 Å². The number of aryl methyl sites for hydroxylation is 1. The molecule has 0 aromatic heterocycles. The molecule has 21 heavy (non-hydrogen) atoms. The van der Waals surface area contributed by atoms with Gasteiger partial charge < -0.3 is 15.2 Å². The van der Waals surface area contributed by atoms with E-state index in [1.165, 1.54) is 24.3 Å². The molecule has 0 aliphatic rings. The monoisotopic (exact) mass is 285 g/mol. The SMILES string of the molecule is COc1ccc(C(=O)NCCc2ccccc2C)cc1O. The van der Waals surface area contributed by atoms with Crippen LogP contribution in [0.1, 0.15) is 21.5 Å². The Kier molecular flexibility index (Phi) is 4.82. The molecule has 2 N–H and O–H groups in total. The Bertz CT molecular complexity index is 638. The summed E-state index contributed by atoms with van der Waals surface area (Å²) in [7, 11) is 1.47. The Morgan fingerprint density at radius 2 is 2.00 bits per heavy atom. The minimum absolute atomic E-state index is 0.0379. The third-order valence-corrected chi connectivity index (χ3v) is 3.38. The second-order valence-corrected chi connectivity index (χ2v) is 4.82. The van der Waals surface area contributed by atoms with Gasteiger partial charge in [0.05, 0.1) is 7.11 Å². The Balaban J connectivity index is 1.93. The number of carbonyl (C=O) groups excluding carboxylic acids is 1. The zero-order valence-electron chi connectivity index (χ0n) is 12.2. The van der Waals surface area contributed by atoms with Crippen molar-refractivity contribution in [1.29, 1.82) is 0 Å². The van der Waals surface area contributed by atoms with E-state index in [1.807, 2.05) is 12.1 Å². The number of phenols is 1. The minimum Gasteiger partial charge on any atom is -0.504 e. The van der Waals surface area contributed by atoms with Gasteiger partial charge in [0.15, 0.2) is 11.5 Å². The molecule has 0 bridgehead atoms. The largest absolute Gasteiger partial charge is 0.504 e. The molecule has 2 aromatic rings. The van der Waals surface area contributed by atoms with Crippen molar-refractivity contribution in [3.05, 3.63) is 59.2 Å². The van der Waals surface area contributed by atoms with Crippen LogP contribution in [0, 0.1) is 6.92 Å². The van der Waals surface area contributed by atoms with Crippen molar-refractivity contribution in [3.63, 3.8) is 0 Å². The van der Waals surface area contributed by atoms with Crippen molar-refractivity contribution in [2.75, 3.05) is 13.7 Å². The lowest BCUT2D eigenvalue weighted by molar-refractivity contribution is 0.0953. The Morgan fingerprint density at radius 1 is 1.24 bits per heavy atom. The number of hydrogen-bond donors (Lipinski definition) is 2. The van der Waals surface area contributed by atoms with Crippen molar-refractivity contribution in [2.24, 2.45) is 0 Å². The highest BCUT2D eigenvalue weighted by atomic mass is 16.5. The lowest BCUT2D eigenvalue weighted by atomic mass is 10.1. The van der Waals surface area contributed by atoms with E-state index in [4.69, 9.17) is 4.74 Å². The smallest absolute Gasteiger partial charge is 0.251 e. The molecular formula is C17H19NO3. The summed E-state index contributed by atoms with van der Waals surface area (Å²) >= 11 is 0. The molecule has 2 rings (SSSR count). The van der Waals surface area contributed by atoms with E-state index in [2.05, 4.69) is 24.4 Å². The number of carbonyl (C=O) groups is 1. The van der Waals surface area contributed by atoms with Gasteiger partial charge in [0.25, 0.3) is 5.91 Å². The number of hydrogen-bond acceptors (Lipinski definition) is 3. The number of ether oxygens (including phenoxy) is 1. The predicted molar refractivity (Wildman–Crippen MR) is 81.9 cm³/mol. The summed E-state index contributed by atoms with van der Waals surface area (Å²) in [6, 6.07) is 12.7. The molecule has 0 aliphatic heterocycles. The van der Waals surface area contributed by atoms with E-state index in [-0.39, 0.29) is 11.7 Å². The van der Waals surface area contributed by atoms with E-state index < -0.39 is 0 Å². The van der Waals surface area contributed by atoms with Crippen LogP contribution in [-0.4, -0.2) is 24.7 Å². The van der Waals surface area contributed by atoms with Crippen molar-refractivity contribution >= 4 is 5.91 Å². The number of amides is 1. The van der Waals surface area contributed by atoms with Crippen LogP contribution >= 0.6 is 0 Å². The van der Waals surface area contributed by atoms with Crippen LogP contribution in [0.4, 0.5) is 0 Å². The van der Waals surface area contributed by atoms with Gasteiger partial charge in [-0.2, -0.15) is 0 Å². The number of aromatic hydroxyl groups is 1. The maximum atomic E-state index is 12.0. The van der Waals surface area contributed by atoms with Gasteiger partial charge in [-0.25, -0.2) is 0 Å². The molecular weight excluding hydrogens is 266 g/mol. The summed E-state index contributed by atoms with van der Waals surface area (Å²) in [6.07, 6.45) is 0.778. The predicted octanol–water partition coefficient (Wildman–Crippen LogP) is 2.68. The summed E-state index contributed by atoms with van der Waals surface area (Å²) in [5.41, 5.74) is 2.85. The molecule has 0 fully saturated rings. The Morgan fingerprint density at radius 3 is 2.67 bits per heavy atom. The summed E-state index contributed by atoms with van der Waals surface area (Å²) in [5, 5.41) is 12.5. The quantitative estimate of drug-likeness (QED) is 0.888. The van der Waals surface area contributed by atoms with Crippen molar-refractivity contribution < 1.29 is 14.6 Å². The van der Waals surface area contributed by atoms with Gasteiger partial charge in [-0.15, -0.1) is 0 Å². The molecule has 0 saturated heterocycles. The van der Waals surface area contributed by atoms with Gasteiger partial charge in [-0.1, -0.05) is 24.3 Å². The van der Waals surface area contributed by atoms with Crippen molar-refractivity contribution in [2.45, 2.75) is 13.3 Å². The number of phenolic OH excluding ortho intramolecular Hbond substituents is 1. The first-order chi connectivity index (χ1) is 10.1. The van der Waals surface area contributed by atoms with Crippen LogP contribution in [0.3, 0.4) is 0 Å². The molecule has 0 unspecified atom stereocenters. The van der Waals surface area contributed by atoms with E-state index in [9.17, 15) is 9.90 Å². The molecule has 0 spiro atoms. The van der Waals surface area contributed by atoms with E-state index in [0.717, 1.165) is 6.42 Å². The third-order valence-electron chi connectivity index (χ3n) is 3.38. The van der Waals surface area contributed by atoms with Crippen LogP contribution in [0.15, 0.2) is 42.5 Å². The zero-order valence-corrected chi connectivity index (χ0v) is 12.2. The number of methoxy groups -OCH3 is 1. The standard InChI is InChI=1S/C17H19NO3/c1-12-5-3-4-6-13(12)9-10-18-17(20)14-7-8-16(21-2)15(19)11-14/h3-8,11,19H,9-10H2,1-2H3,(H,18,20). The maximum absolute atomic E-state index is 12.0. The first-order valence-corrected chi connectivity index (χ1v) is 6.81. The maximum Gasteiger partial charge on any atom is 0.251 e. The fourth-order valence-corrected chi connectivity index (χ4v) is 2.13. The van der Waals surface area contributed by atoms with Crippen molar-refractivity contribution in [3.8, 4) is 11.5 Å². The number of nitrogens with one attached hydrogen (secondary N) is 1. The lowest BCUT2D eigenvalue weighted by Crippen LogP contribution is -2.25. The molecule has 110 valence electrons. The first-order valence-electron chi connectivity index (χ1n) is 6.81. The highest BCUT2D eigenvalue weighted by molar-refractivity contribution is 5.94. The highest BCUT2D eigenvalue weighted by Gasteiger charge is 2.09. The van der Waals surface area contributed by atoms with Crippen molar-refractivity contribution in [1.82, 2.24) is 5.32 Å². The highest BCUT2D eigenvalue weighted by Crippen LogP contribution is 2.26.